The minimum absolute atomic E-state index is 0.136. The third-order valence-electron chi connectivity index (χ3n) is 14.1. The maximum absolute atomic E-state index is 15.5. The Morgan fingerprint density at radius 2 is 1.46 bits per heavy atom. The summed E-state index contributed by atoms with van der Waals surface area (Å²) in [6.07, 6.45) is -8.43. The molecule has 1 aliphatic heterocycles. The minimum Gasteiger partial charge on any atom is -0.455 e. The highest BCUT2D eigenvalue weighted by Gasteiger charge is 2.79. The number of rotatable bonds is 11. The normalized spacial score (nSPS) is 34.7. The van der Waals surface area contributed by atoms with Crippen molar-refractivity contribution in [2.75, 3.05) is 13.2 Å². The molecular formula is C47H55NO13. The molecule has 7 rings (SSSR count). The number of hydrogen-bond donors (Lipinski definition) is 4. The number of esters is 3. The smallest absolute Gasteiger partial charge is 0.338 e. The topological polar surface area (TPSA) is 204 Å². The first kappa shape index (κ1) is 44.1. The van der Waals surface area contributed by atoms with Crippen molar-refractivity contribution in [1.29, 1.82) is 0 Å². The van der Waals surface area contributed by atoms with Crippen molar-refractivity contribution in [3.8, 4) is 0 Å². The third-order valence-corrected chi connectivity index (χ3v) is 14.1. The molecule has 2 bridgehead atoms. The van der Waals surface area contributed by atoms with Gasteiger partial charge in [0.1, 0.15) is 23.9 Å². The number of benzene rings is 3. The average Bonchev–Trinajstić information content (AvgIpc) is 3.23. The van der Waals surface area contributed by atoms with E-state index < -0.39 is 112 Å². The van der Waals surface area contributed by atoms with Gasteiger partial charge in [0.15, 0.2) is 17.5 Å². The van der Waals surface area contributed by atoms with Gasteiger partial charge in [-0.1, -0.05) is 87.5 Å². The second kappa shape index (κ2) is 16.7. The number of hydrogen-bond acceptors (Lipinski definition) is 13. The fourth-order valence-electron chi connectivity index (χ4n) is 10.8. The zero-order valence-corrected chi connectivity index (χ0v) is 35.2. The Morgan fingerprint density at radius 1 is 0.869 bits per heavy atom. The van der Waals surface area contributed by atoms with Crippen molar-refractivity contribution in [2.24, 2.45) is 28.6 Å². The lowest BCUT2D eigenvalue weighted by Crippen LogP contribution is -2.83. The van der Waals surface area contributed by atoms with Crippen molar-refractivity contribution >= 4 is 29.6 Å². The van der Waals surface area contributed by atoms with Gasteiger partial charge < -0.3 is 44.3 Å². The lowest BCUT2D eigenvalue weighted by atomic mass is 9.42. The standard InChI is InChI=1S/C47H55NO13/c1-26-33(57-24-32(51)37(29-16-10-7-11-17-29)48-42(54)30-18-12-8-13-19-30)23-47(56)41(60-43(55)31-20-14-9-15-21-31)39-45(6,34(52)22-35-46(39,25-58-35)61-28(3)50)40(53)38(59-27(2)49)36(26)44(47,4)5/h7-21,26,32-39,41,51-52,56H,22-25H2,1-6H3,(H,48,54). The number of carbonyl (C=O) groups excluding carboxylic acids is 5. The van der Waals surface area contributed by atoms with Crippen LogP contribution in [0.15, 0.2) is 91.0 Å². The molecule has 13 unspecified atom stereocenters. The molecule has 3 aromatic rings. The van der Waals surface area contributed by atoms with Crippen molar-refractivity contribution < 1.29 is 63.0 Å². The third kappa shape index (κ3) is 7.56. The van der Waals surface area contributed by atoms with E-state index >= 15 is 4.79 Å². The van der Waals surface area contributed by atoms with Crippen molar-refractivity contribution in [2.45, 2.75) is 108 Å². The van der Waals surface area contributed by atoms with E-state index in [2.05, 4.69) is 5.32 Å². The van der Waals surface area contributed by atoms with Gasteiger partial charge >= 0.3 is 17.9 Å². The number of nitrogens with one attached hydrogen (secondary N) is 1. The molecule has 4 aliphatic rings. The molecule has 14 nitrogen and oxygen atoms in total. The summed E-state index contributed by atoms with van der Waals surface area (Å²) in [5.74, 6) is -6.66. The van der Waals surface area contributed by atoms with Gasteiger partial charge in [-0.3, -0.25) is 19.2 Å². The molecule has 3 aliphatic carbocycles. The molecule has 0 radical (unpaired) electrons. The van der Waals surface area contributed by atoms with Crippen LogP contribution in [-0.2, 0) is 38.1 Å². The van der Waals surface area contributed by atoms with E-state index in [4.69, 9.17) is 23.7 Å². The van der Waals surface area contributed by atoms with Crippen molar-refractivity contribution in [3.05, 3.63) is 108 Å². The van der Waals surface area contributed by atoms with Crippen LogP contribution in [0.5, 0.6) is 0 Å². The minimum atomic E-state index is -2.17. The fraction of sp³-hybridized carbons (Fsp3) is 0.511. The molecule has 61 heavy (non-hydrogen) atoms. The van der Waals surface area contributed by atoms with E-state index in [0.29, 0.717) is 11.1 Å². The van der Waals surface area contributed by atoms with Gasteiger partial charge in [0.05, 0.1) is 48.4 Å². The van der Waals surface area contributed by atoms with Crippen LogP contribution in [0.2, 0.25) is 0 Å². The Labute approximate surface area is 354 Å². The SMILES string of the molecule is CC(=O)OC1C(=O)C2(C)C(O)CC3OCC3(OC(C)=O)C2C(OC(=O)c2ccccc2)C2(O)CC(OCC(O)C(NC(=O)c3ccccc3)c3ccccc3)C(C)C1C2(C)C. The Morgan fingerprint density at radius 3 is 2.02 bits per heavy atom. The molecule has 3 aromatic carbocycles. The number of Topliss-reactive ketones (excluding diaryl/α,β-unsaturated/α-hetero) is 1. The second-order valence-corrected chi connectivity index (χ2v) is 17.8. The fourth-order valence-corrected chi connectivity index (χ4v) is 10.8. The Balaban J connectivity index is 1.34. The predicted molar refractivity (Wildman–Crippen MR) is 218 cm³/mol. The Kier molecular flexibility index (Phi) is 12.1. The molecule has 14 heteroatoms. The molecule has 0 aromatic heterocycles. The number of ketones is 1. The predicted octanol–water partition coefficient (Wildman–Crippen LogP) is 4.14. The number of amides is 1. The van der Waals surface area contributed by atoms with Crippen LogP contribution in [-0.4, -0.2) is 106 Å². The number of fused-ring (bicyclic) bond motifs is 5. The van der Waals surface area contributed by atoms with E-state index in [1.807, 2.05) is 0 Å². The van der Waals surface area contributed by atoms with Crippen LogP contribution in [0, 0.1) is 28.6 Å². The monoisotopic (exact) mass is 841 g/mol. The van der Waals surface area contributed by atoms with Crippen molar-refractivity contribution in [1.82, 2.24) is 5.32 Å². The Bertz CT molecular complexity index is 2120. The molecule has 3 saturated carbocycles. The summed E-state index contributed by atoms with van der Waals surface area (Å²) in [5.41, 5.74) is -6.10. The van der Waals surface area contributed by atoms with E-state index in [1.165, 1.54) is 26.0 Å². The van der Waals surface area contributed by atoms with Crippen molar-refractivity contribution in [3.63, 3.8) is 0 Å². The molecule has 1 amide bonds. The highest BCUT2D eigenvalue weighted by molar-refractivity contribution is 5.95. The van der Waals surface area contributed by atoms with Crippen LogP contribution >= 0.6 is 0 Å². The Hall–Kier alpha value is -4.99. The second-order valence-electron chi connectivity index (χ2n) is 17.8. The zero-order chi connectivity index (χ0) is 44.1. The van der Waals surface area contributed by atoms with Crippen LogP contribution in [0.25, 0.3) is 0 Å². The van der Waals surface area contributed by atoms with Gasteiger partial charge in [-0.2, -0.15) is 0 Å². The molecule has 4 N–H and O–H groups in total. The van der Waals surface area contributed by atoms with E-state index in [-0.39, 0.29) is 31.6 Å². The van der Waals surface area contributed by atoms with Gasteiger partial charge in [-0.25, -0.2) is 4.79 Å². The number of ether oxygens (including phenoxy) is 5. The highest BCUT2D eigenvalue weighted by atomic mass is 16.6. The van der Waals surface area contributed by atoms with Crippen LogP contribution < -0.4 is 5.32 Å². The van der Waals surface area contributed by atoms with Crippen LogP contribution in [0.3, 0.4) is 0 Å². The number of aliphatic hydroxyl groups excluding tert-OH is 2. The first-order chi connectivity index (χ1) is 28.9. The number of aliphatic hydroxyl groups is 3. The van der Waals surface area contributed by atoms with E-state index in [1.54, 1.807) is 99.6 Å². The van der Waals surface area contributed by atoms with Crippen LogP contribution in [0.4, 0.5) is 0 Å². The summed E-state index contributed by atoms with van der Waals surface area (Å²) in [4.78, 5) is 69.2. The van der Waals surface area contributed by atoms with Crippen LogP contribution in [0.1, 0.15) is 86.7 Å². The zero-order valence-electron chi connectivity index (χ0n) is 35.2. The molecular weight excluding hydrogens is 787 g/mol. The molecule has 4 fully saturated rings. The summed E-state index contributed by atoms with van der Waals surface area (Å²) in [6, 6.07) is 24.6. The average molecular weight is 842 g/mol. The maximum atomic E-state index is 15.5. The first-order valence-electron chi connectivity index (χ1n) is 20.8. The summed E-state index contributed by atoms with van der Waals surface area (Å²) in [6.45, 7) is 8.41. The number of carbonyl (C=O) groups is 5. The van der Waals surface area contributed by atoms with Gasteiger partial charge in [0, 0.05) is 43.6 Å². The highest BCUT2D eigenvalue weighted by Crippen LogP contribution is 2.65. The summed E-state index contributed by atoms with van der Waals surface area (Å²) in [7, 11) is 0. The maximum Gasteiger partial charge on any atom is 0.338 e. The van der Waals surface area contributed by atoms with Gasteiger partial charge in [-0.15, -0.1) is 0 Å². The molecule has 1 saturated heterocycles. The lowest BCUT2D eigenvalue weighted by Gasteiger charge is -2.69. The first-order valence-corrected chi connectivity index (χ1v) is 20.8. The van der Waals surface area contributed by atoms with Gasteiger partial charge in [0.25, 0.3) is 5.91 Å². The summed E-state index contributed by atoms with van der Waals surface area (Å²) >= 11 is 0. The lowest BCUT2D eigenvalue weighted by molar-refractivity contribution is -0.356. The molecule has 0 spiro atoms. The summed E-state index contributed by atoms with van der Waals surface area (Å²) in [5, 5.41) is 40.6. The molecule has 1 heterocycles. The molecule has 326 valence electrons. The quantitative estimate of drug-likeness (QED) is 0.159. The largest absolute Gasteiger partial charge is 0.455 e. The van der Waals surface area contributed by atoms with E-state index in [9.17, 15) is 34.5 Å². The van der Waals surface area contributed by atoms with E-state index in [0.717, 1.165) is 6.92 Å². The van der Waals surface area contributed by atoms with Gasteiger partial charge in [0.2, 0.25) is 0 Å². The summed E-state index contributed by atoms with van der Waals surface area (Å²) < 4.78 is 31.0. The van der Waals surface area contributed by atoms with Gasteiger partial charge in [-0.05, 0) is 42.7 Å². The molecule has 13 atom stereocenters.